The van der Waals surface area contributed by atoms with Crippen LogP contribution in [0, 0.1) is 5.92 Å². The molecule has 1 amide bonds. The van der Waals surface area contributed by atoms with E-state index >= 15 is 0 Å². The summed E-state index contributed by atoms with van der Waals surface area (Å²) in [6.45, 7) is 2.74. The van der Waals surface area contributed by atoms with Gasteiger partial charge in [0.1, 0.15) is 0 Å². The maximum Gasteiger partial charge on any atom is 0.225 e. The van der Waals surface area contributed by atoms with Crippen LogP contribution in [0.15, 0.2) is 0 Å². The lowest BCUT2D eigenvalue weighted by atomic mass is 9.77. The maximum atomic E-state index is 12.2. The van der Waals surface area contributed by atoms with Crippen molar-refractivity contribution in [3.63, 3.8) is 0 Å². The minimum Gasteiger partial charge on any atom is -0.394 e. The summed E-state index contributed by atoms with van der Waals surface area (Å²) in [6.07, 6.45) is 3.08. The molecule has 17 heavy (non-hydrogen) atoms. The second kappa shape index (κ2) is 5.33. The quantitative estimate of drug-likeness (QED) is 0.698. The first kappa shape index (κ1) is 12.8. The Hall–Kier alpha value is -0.650. The number of carbonyl (C=O) groups is 1. The van der Waals surface area contributed by atoms with E-state index in [4.69, 9.17) is 10.5 Å². The van der Waals surface area contributed by atoms with Crippen LogP contribution in [0.2, 0.25) is 0 Å². The Balaban J connectivity index is 1.85. The average Bonchev–Trinajstić information content (AvgIpc) is 2.40. The molecule has 1 saturated carbocycles. The van der Waals surface area contributed by atoms with E-state index in [1.165, 1.54) is 0 Å². The van der Waals surface area contributed by atoms with Crippen molar-refractivity contribution in [2.45, 2.75) is 31.2 Å². The third-order valence-electron chi connectivity index (χ3n) is 3.97. The Morgan fingerprint density at radius 3 is 2.47 bits per heavy atom. The Kier molecular flexibility index (Phi) is 4.01. The van der Waals surface area contributed by atoms with E-state index in [1.807, 2.05) is 4.90 Å². The number of hydrogen-bond acceptors (Lipinski definition) is 4. The number of aliphatic hydroxyl groups excluding tert-OH is 1. The van der Waals surface area contributed by atoms with Crippen LogP contribution in [0.3, 0.4) is 0 Å². The fourth-order valence-corrected chi connectivity index (χ4v) is 2.64. The molecule has 98 valence electrons. The van der Waals surface area contributed by atoms with Crippen molar-refractivity contribution in [1.29, 1.82) is 0 Å². The molecule has 0 bridgehead atoms. The van der Waals surface area contributed by atoms with Gasteiger partial charge in [-0.1, -0.05) is 0 Å². The van der Waals surface area contributed by atoms with Crippen LogP contribution >= 0.6 is 0 Å². The van der Waals surface area contributed by atoms with E-state index in [9.17, 15) is 9.90 Å². The third-order valence-corrected chi connectivity index (χ3v) is 3.97. The zero-order chi connectivity index (χ0) is 12.3. The van der Waals surface area contributed by atoms with E-state index in [0.717, 1.165) is 25.7 Å². The molecule has 1 heterocycles. The first-order valence-corrected chi connectivity index (χ1v) is 6.41. The Morgan fingerprint density at radius 2 is 1.94 bits per heavy atom. The van der Waals surface area contributed by atoms with Gasteiger partial charge in [-0.3, -0.25) is 4.79 Å². The molecule has 5 heteroatoms. The molecule has 0 aromatic carbocycles. The fourth-order valence-electron chi connectivity index (χ4n) is 2.64. The molecule has 5 nitrogen and oxygen atoms in total. The first-order valence-electron chi connectivity index (χ1n) is 6.41. The van der Waals surface area contributed by atoms with Gasteiger partial charge in [0.25, 0.3) is 0 Å². The highest BCUT2D eigenvalue weighted by molar-refractivity contribution is 5.79. The van der Waals surface area contributed by atoms with Crippen LogP contribution < -0.4 is 5.73 Å². The highest BCUT2D eigenvalue weighted by atomic mass is 16.5. The fraction of sp³-hybridized carbons (Fsp3) is 0.917. The number of amides is 1. The molecule has 1 saturated heterocycles. The Bertz CT molecular complexity index is 269. The molecule has 2 aliphatic rings. The monoisotopic (exact) mass is 242 g/mol. The number of ether oxygens (including phenoxy) is 1. The summed E-state index contributed by atoms with van der Waals surface area (Å²) in [7, 11) is 0. The predicted molar refractivity (Wildman–Crippen MR) is 63.4 cm³/mol. The SMILES string of the molecule is NC1(CO)CCC(C(=O)N2CCOCC2)CC1. The lowest BCUT2D eigenvalue weighted by Gasteiger charge is -2.37. The largest absolute Gasteiger partial charge is 0.394 e. The molecular formula is C12H22N2O3. The van der Waals surface area contributed by atoms with Gasteiger partial charge < -0.3 is 20.5 Å². The summed E-state index contributed by atoms with van der Waals surface area (Å²) in [6, 6.07) is 0. The third kappa shape index (κ3) is 2.97. The molecule has 0 atom stereocenters. The van der Waals surface area contributed by atoms with E-state index in [0.29, 0.717) is 26.3 Å². The standard InChI is InChI=1S/C12H22N2O3/c13-12(9-15)3-1-10(2-4-12)11(16)14-5-7-17-8-6-14/h10,15H,1-9,13H2. The van der Waals surface area contributed by atoms with Crippen LogP contribution in [-0.4, -0.2) is 54.4 Å². The summed E-state index contributed by atoms with van der Waals surface area (Å²) < 4.78 is 5.24. The van der Waals surface area contributed by atoms with Gasteiger partial charge in [-0.05, 0) is 25.7 Å². The molecule has 1 aliphatic carbocycles. The molecule has 0 unspecified atom stereocenters. The molecule has 0 aromatic heterocycles. The number of nitrogens with two attached hydrogens (primary N) is 1. The summed E-state index contributed by atoms with van der Waals surface area (Å²) in [5.74, 6) is 0.338. The summed E-state index contributed by atoms with van der Waals surface area (Å²) in [4.78, 5) is 14.1. The lowest BCUT2D eigenvalue weighted by molar-refractivity contribution is -0.141. The number of rotatable bonds is 2. The second-order valence-corrected chi connectivity index (χ2v) is 5.23. The van der Waals surface area contributed by atoms with E-state index < -0.39 is 5.54 Å². The highest BCUT2D eigenvalue weighted by Crippen LogP contribution is 2.31. The lowest BCUT2D eigenvalue weighted by Crippen LogP contribution is -2.50. The highest BCUT2D eigenvalue weighted by Gasteiger charge is 2.35. The van der Waals surface area contributed by atoms with Gasteiger partial charge in [0.2, 0.25) is 5.91 Å². The molecule has 0 radical (unpaired) electrons. The average molecular weight is 242 g/mol. The molecule has 0 spiro atoms. The van der Waals surface area contributed by atoms with E-state index in [2.05, 4.69) is 0 Å². The van der Waals surface area contributed by atoms with Crippen LogP contribution in [0.25, 0.3) is 0 Å². The van der Waals surface area contributed by atoms with E-state index in [-0.39, 0.29) is 18.4 Å². The van der Waals surface area contributed by atoms with Crippen molar-refractivity contribution < 1.29 is 14.6 Å². The molecule has 0 aromatic rings. The van der Waals surface area contributed by atoms with Crippen molar-refractivity contribution in [3.05, 3.63) is 0 Å². The van der Waals surface area contributed by atoms with Crippen molar-refractivity contribution in [2.24, 2.45) is 11.7 Å². The Morgan fingerprint density at radius 1 is 1.35 bits per heavy atom. The van der Waals surface area contributed by atoms with Crippen molar-refractivity contribution >= 4 is 5.91 Å². The predicted octanol–water partition coefficient (Wildman–Crippen LogP) is -0.275. The number of carbonyl (C=O) groups excluding carboxylic acids is 1. The minimum absolute atomic E-state index is 0.0193. The van der Waals surface area contributed by atoms with Crippen LogP contribution in [0.5, 0.6) is 0 Å². The summed E-state index contributed by atoms with van der Waals surface area (Å²) in [5, 5.41) is 9.19. The molecule has 2 fully saturated rings. The maximum absolute atomic E-state index is 12.2. The molecule has 1 aliphatic heterocycles. The van der Waals surface area contributed by atoms with Gasteiger partial charge in [-0.2, -0.15) is 0 Å². The molecule has 3 N–H and O–H groups in total. The zero-order valence-corrected chi connectivity index (χ0v) is 10.2. The summed E-state index contributed by atoms with van der Waals surface area (Å²) >= 11 is 0. The number of morpholine rings is 1. The number of aliphatic hydroxyl groups is 1. The van der Waals surface area contributed by atoms with Gasteiger partial charge in [0.05, 0.1) is 19.8 Å². The second-order valence-electron chi connectivity index (χ2n) is 5.23. The van der Waals surface area contributed by atoms with E-state index in [1.54, 1.807) is 0 Å². The van der Waals surface area contributed by atoms with Crippen molar-refractivity contribution in [2.75, 3.05) is 32.9 Å². The normalized spacial score (nSPS) is 34.7. The number of hydrogen-bond donors (Lipinski definition) is 2. The van der Waals surface area contributed by atoms with Gasteiger partial charge in [-0.15, -0.1) is 0 Å². The topological polar surface area (TPSA) is 75.8 Å². The smallest absolute Gasteiger partial charge is 0.225 e. The van der Waals surface area contributed by atoms with Gasteiger partial charge in [0.15, 0.2) is 0 Å². The van der Waals surface area contributed by atoms with Crippen LogP contribution in [0.4, 0.5) is 0 Å². The number of nitrogens with zero attached hydrogens (tertiary/aromatic N) is 1. The Labute approximate surface area is 102 Å². The first-order chi connectivity index (χ1) is 8.14. The molecule has 2 rings (SSSR count). The van der Waals surface area contributed by atoms with Crippen molar-refractivity contribution in [1.82, 2.24) is 4.90 Å². The minimum atomic E-state index is -0.457. The van der Waals surface area contributed by atoms with Gasteiger partial charge >= 0.3 is 0 Å². The van der Waals surface area contributed by atoms with Crippen LogP contribution in [-0.2, 0) is 9.53 Å². The van der Waals surface area contributed by atoms with Gasteiger partial charge in [0, 0.05) is 24.5 Å². The summed E-state index contributed by atoms with van der Waals surface area (Å²) in [5.41, 5.74) is 5.55. The zero-order valence-electron chi connectivity index (χ0n) is 10.2. The van der Waals surface area contributed by atoms with Crippen LogP contribution in [0.1, 0.15) is 25.7 Å². The molecular weight excluding hydrogens is 220 g/mol. The van der Waals surface area contributed by atoms with Gasteiger partial charge in [-0.25, -0.2) is 0 Å². The van der Waals surface area contributed by atoms with Crippen molar-refractivity contribution in [3.8, 4) is 0 Å².